The van der Waals surface area contributed by atoms with Crippen LogP contribution in [0.5, 0.6) is 5.75 Å². The molecule has 0 amide bonds. The van der Waals surface area contributed by atoms with Crippen LogP contribution in [0.1, 0.15) is 38.2 Å². The first kappa shape index (κ1) is 26.7. The van der Waals surface area contributed by atoms with Gasteiger partial charge in [-0.2, -0.15) is 0 Å². The molecule has 0 radical (unpaired) electrons. The van der Waals surface area contributed by atoms with E-state index in [4.69, 9.17) is 21.1 Å². The second-order valence-electron chi connectivity index (χ2n) is 9.18. The van der Waals surface area contributed by atoms with E-state index in [-0.39, 0.29) is 5.97 Å². The number of nitrogens with zero attached hydrogens (tertiary/aromatic N) is 3. The molecule has 1 fully saturated rings. The quantitative estimate of drug-likeness (QED) is 0.222. The number of piperidine rings is 1. The molecule has 0 bridgehead atoms. The molecule has 0 unspecified atom stereocenters. The van der Waals surface area contributed by atoms with Crippen LogP contribution in [0.4, 0.5) is 0 Å². The first-order chi connectivity index (χ1) is 17.5. The summed E-state index contributed by atoms with van der Waals surface area (Å²) in [7, 11) is 1.66. The van der Waals surface area contributed by atoms with Gasteiger partial charge in [0.05, 0.1) is 34.7 Å². The molecule has 1 aliphatic rings. The first-order valence-corrected chi connectivity index (χ1v) is 14.0. The number of benzene rings is 1. The lowest BCUT2D eigenvalue weighted by atomic mass is 9.74. The SMILES string of the molecule is CCOC(=O)C1(CCCc2c(Cl)cnc3ccc(OC)cc23)CCN(CCSc2ccccn2)CC1. The number of likely N-dealkylation sites (tertiary alicyclic amines) is 1. The maximum absolute atomic E-state index is 13.1. The van der Waals surface area contributed by atoms with Gasteiger partial charge in [-0.3, -0.25) is 9.78 Å². The van der Waals surface area contributed by atoms with E-state index in [0.29, 0.717) is 11.6 Å². The van der Waals surface area contributed by atoms with Crippen molar-refractivity contribution in [3.63, 3.8) is 0 Å². The maximum Gasteiger partial charge on any atom is 0.312 e. The van der Waals surface area contributed by atoms with Crippen molar-refractivity contribution >= 4 is 40.2 Å². The molecule has 6 nitrogen and oxygen atoms in total. The van der Waals surface area contributed by atoms with Crippen LogP contribution in [0.15, 0.2) is 53.8 Å². The third kappa shape index (κ3) is 6.50. The molecule has 8 heteroatoms. The molecule has 192 valence electrons. The Morgan fingerprint density at radius 1 is 1.19 bits per heavy atom. The van der Waals surface area contributed by atoms with Crippen LogP contribution in [0.2, 0.25) is 5.02 Å². The molecule has 1 aromatic carbocycles. The van der Waals surface area contributed by atoms with Crippen molar-refractivity contribution in [3.8, 4) is 5.75 Å². The lowest BCUT2D eigenvalue weighted by molar-refractivity contribution is -0.159. The summed E-state index contributed by atoms with van der Waals surface area (Å²) in [4.78, 5) is 24.4. The number of halogens is 1. The van der Waals surface area contributed by atoms with Gasteiger partial charge in [0.15, 0.2) is 0 Å². The van der Waals surface area contributed by atoms with Crippen LogP contribution in [0.25, 0.3) is 10.9 Å². The number of pyridine rings is 2. The topological polar surface area (TPSA) is 64.6 Å². The van der Waals surface area contributed by atoms with Crippen molar-refractivity contribution in [2.45, 2.75) is 44.1 Å². The first-order valence-electron chi connectivity index (χ1n) is 12.6. The molecule has 0 atom stereocenters. The minimum atomic E-state index is -0.437. The fraction of sp³-hybridized carbons (Fsp3) is 0.464. The number of hydrogen-bond donors (Lipinski definition) is 0. The van der Waals surface area contributed by atoms with E-state index in [1.54, 1.807) is 25.1 Å². The van der Waals surface area contributed by atoms with Crippen molar-refractivity contribution in [3.05, 3.63) is 59.4 Å². The molecule has 1 aliphatic heterocycles. The number of ether oxygens (including phenoxy) is 2. The molecule has 3 heterocycles. The van der Waals surface area contributed by atoms with Crippen LogP contribution in [0.3, 0.4) is 0 Å². The van der Waals surface area contributed by atoms with Gasteiger partial charge in [-0.1, -0.05) is 17.7 Å². The van der Waals surface area contributed by atoms with E-state index in [0.717, 1.165) is 84.7 Å². The number of rotatable bonds is 11. The zero-order chi connectivity index (χ0) is 25.4. The fourth-order valence-corrected chi connectivity index (χ4v) is 6.06. The average Bonchev–Trinajstić information content (AvgIpc) is 2.91. The van der Waals surface area contributed by atoms with Crippen LogP contribution in [0, 0.1) is 5.41 Å². The molecule has 36 heavy (non-hydrogen) atoms. The summed E-state index contributed by atoms with van der Waals surface area (Å²) in [6, 6.07) is 11.8. The highest BCUT2D eigenvalue weighted by Crippen LogP contribution is 2.39. The van der Waals surface area contributed by atoms with E-state index < -0.39 is 5.41 Å². The Bertz CT molecular complexity index is 1150. The Labute approximate surface area is 222 Å². The van der Waals surface area contributed by atoms with Crippen LogP contribution >= 0.6 is 23.4 Å². The molecular weight excluding hydrogens is 494 g/mol. The summed E-state index contributed by atoms with van der Waals surface area (Å²) in [5.41, 5.74) is 1.52. The molecule has 4 rings (SSSR count). The third-order valence-electron chi connectivity index (χ3n) is 7.03. The Hall–Kier alpha value is -2.35. The number of esters is 1. The predicted molar refractivity (Wildman–Crippen MR) is 146 cm³/mol. The lowest BCUT2D eigenvalue weighted by Crippen LogP contribution is -2.45. The maximum atomic E-state index is 13.1. The van der Waals surface area contributed by atoms with Gasteiger partial charge in [0, 0.05) is 30.1 Å². The van der Waals surface area contributed by atoms with Gasteiger partial charge in [-0.05, 0) is 88.0 Å². The van der Waals surface area contributed by atoms with Crippen molar-refractivity contribution in [1.82, 2.24) is 14.9 Å². The number of methoxy groups -OCH3 is 1. The second-order valence-corrected chi connectivity index (χ2v) is 10.7. The number of hydrogen-bond acceptors (Lipinski definition) is 7. The van der Waals surface area contributed by atoms with Gasteiger partial charge in [-0.15, -0.1) is 11.8 Å². The normalized spacial score (nSPS) is 15.6. The van der Waals surface area contributed by atoms with Crippen molar-refractivity contribution in [1.29, 1.82) is 0 Å². The number of fused-ring (bicyclic) bond motifs is 1. The van der Waals surface area contributed by atoms with Gasteiger partial charge < -0.3 is 14.4 Å². The number of carbonyl (C=O) groups is 1. The number of aryl methyl sites for hydroxylation is 1. The molecule has 0 spiro atoms. The Kier molecular flexibility index (Phi) is 9.46. The molecule has 3 aromatic rings. The highest BCUT2D eigenvalue weighted by molar-refractivity contribution is 7.99. The largest absolute Gasteiger partial charge is 0.497 e. The third-order valence-corrected chi connectivity index (χ3v) is 8.28. The summed E-state index contributed by atoms with van der Waals surface area (Å²) >= 11 is 8.34. The van der Waals surface area contributed by atoms with Crippen molar-refractivity contribution in [2.24, 2.45) is 5.41 Å². The highest BCUT2D eigenvalue weighted by atomic mass is 35.5. The lowest BCUT2D eigenvalue weighted by Gasteiger charge is -2.40. The number of carbonyl (C=O) groups excluding carboxylic acids is 1. The standard InChI is InChI=1S/C28H34ClN3O3S/c1-3-35-27(33)28(12-15-32(16-13-28)17-18-36-26-8-4-5-14-30-26)11-6-7-22-23-19-21(34-2)9-10-25(23)31-20-24(22)29/h4-5,8-10,14,19-20H,3,6-7,11-13,15-18H2,1-2H3. The van der Waals surface area contributed by atoms with Crippen molar-refractivity contribution < 1.29 is 14.3 Å². The van der Waals surface area contributed by atoms with Gasteiger partial charge in [0.2, 0.25) is 0 Å². The number of thioether (sulfide) groups is 1. The van der Waals surface area contributed by atoms with Crippen LogP contribution in [-0.2, 0) is 16.0 Å². The smallest absolute Gasteiger partial charge is 0.312 e. The van der Waals surface area contributed by atoms with E-state index >= 15 is 0 Å². The fourth-order valence-electron chi connectivity index (χ4n) is 4.94. The summed E-state index contributed by atoms with van der Waals surface area (Å²) < 4.78 is 11.0. The molecule has 0 saturated carbocycles. The zero-order valence-corrected chi connectivity index (χ0v) is 22.6. The highest BCUT2D eigenvalue weighted by Gasteiger charge is 2.42. The van der Waals surface area contributed by atoms with Gasteiger partial charge in [0.25, 0.3) is 0 Å². The van der Waals surface area contributed by atoms with E-state index in [1.807, 2.05) is 49.5 Å². The van der Waals surface area contributed by atoms with Crippen LogP contribution in [-0.4, -0.2) is 59.9 Å². The molecule has 2 aromatic heterocycles. The van der Waals surface area contributed by atoms with Crippen molar-refractivity contribution in [2.75, 3.05) is 39.1 Å². The number of aromatic nitrogens is 2. The second kappa shape index (κ2) is 12.7. The average molecular weight is 528 g/mol. The minimum absolute atomic E-state index is 0.0557. The Morgan fingerprint density at radius 3 is 2.75 bits per heavy atom. The molecule has 0 N–H and O–H groups in total. The summed E-state index contributed by atoms with van der Waals surface area (Å²) in [6.45, 7) is 5.08. The summed E-state index contributed by atoms with van der Waals surface area (Å²) in [5, 5.41) is 2.71. The molecule has 1 saturated heterocycles. The van der Waals surface area contributed by atoms with E-state index in [2.05, 4.69) is 14.9 Å². The minimum Gasteiger partial charge on any atom is -0.497 e. The molecular formula is C28H34ClN3O3S. The summed E-state index contributed by atoms with van der Waals surface area (Å²) in [5.74, 6) is 1.71. The van der Waals surface area contributed by atoms with E-state index in [9.17, 15) is 4.79 Å². The van der Waals surface area contributed by atoms with Gasteiger partial charge in [-0.25, -0.2) is 4.98 Å². The molecule has 0 aliphatic carbocycles. The monoisotopic (exact) mass is 527 g/mol. The van der Waals surface area contributed by atoms with Gasteiger partial charge in [0.1, 0.15) is 5.75 Å². The van der Waals surface area contributed by atoms with E-state index in [1.165, 1.54) is 0 Å². The Balaban J connectivity index is 1.38. The van der Waals surface area contributed by atoms with Crippen LogP contribution < -0.4 is 4.74 Å². The predicted octanol–water partition coefficient (Wildman–Crippen LogP) is 6.05. The van der Waals surface area contributed by atoms with Gasteiger partial charge >= 0.3 is 5.97 Å². The zero-order valence-electron chi connectivity index (χ0n) is 21.0. The summed E-state index contributed by atoms with van der Waals surface area (Å²) in [6.07, 6.45) is 7.59. The Morgan fingerprint density at radius 2 is 2.03 bits per heavy atom.